The van der Waals surface area contributed by atoms with Crippen LogP contribution in [-0.4, -0.2) is 9.78 Å². The van der Waals surface area contributed by atoms with Gasteiger partial charge in [-0.1, -0.05) is 64.3 Å². The quantitative estimate of drug-likeness (QED) is 0.725. The lowest BCUT2D eigenvalue weighted by Crippen LogP contribution is -2.12. The predicted molar refractivity (Wildman–Crippen MR) is 88.5 cm³/mol. The maximum Gasteiger partial charge on any atom is 0.0568 e. The van der Waals surface area contributed by atoms with Crippen LogP contribution >= 0.6 is 0 Å². The first kappa shape index (κ1) is 14.4. The molecule has 1 aromatic carbocycles. The molecule has 0 saturated heterocycles. The molecule has 2 nitrogen and oxygen atoms in total. The molecule has 0 bridgehead atoms. The molecule has 0 radical (unpaired) electrons. The van der Waals surface area contributed by atoms with E-state index in [0.717, 1.165) is 0 Å². The third-order valence-corrected chi connectivity index (χ3v) is 4.63. The highest BCUT2D eigenvalue weighted by Crippen LogP contribution is 2.30. The van der Waals surface area contributed by atoms with Crippen LogP contribution in [0.2, 0.25) is 0 Å². The molecule has 0 N–H and O–H groups in total. The molecule has 1 aliphatic carbocycles. The lowest BCUT2D eigenvalue weighted by Gasteiger charge is -2.21. The minimum atomic E-state index is 0.213. The molecule has 1 saturated carbocycles. The van der Waals surface area contributed by atoms with Gasteiger partial charge in [-0.25, -0.2) is 0 Å². The average Bonchev–Trinajstić information content (AvgIpc) is 2.97. The summed E-state index contributed by atoms with van der Waals surface area (Å²) in [7, 11) is 0. The summed E-state index contributed by atoms with van der Waals surface area (Å²) in [5.74, 6) is 0. The third kappa shape index (κ3) is 3.20. The molecule has 0 atom stereocenters. The highest BCUT2D eigenvalue weighted by molar-refractivity contribution is 5.62. The zero-order valence-electron chi connectivity index (χ0n) is 13.5. The van der Waals surface area contributed by atoms with Crippen molar-refractivity contribution < 1.29 is 0 Å². The molecule has 0 spiro atoms. The van der Waals surface area contributed by atoms with Gasteiger partial charge in [0.1, 0.15) is 0 Å². The Morgan fingerprint density at radius 1 is 0.952 bits per heavy atom. The zero-order valence-corrected chi connectivity index (χ0v) is 13.5. The van der Waals surface area contributed by atoms with E-state index in [1.807, 2.05) is 6.20 Å². The van der Waals surface area contributed by atoms with Crippen LogP contribution in [0.4, 0.5) is 0 Å². The van der Waals surface area contributed by atoms with Gasteiger partial charge in [0.15, 0.2) is 0 Å². The van der Waals surface area contributed by atoms with Crippen LogP contribution in [0.15, 0.2) is 36.7 Å². The second-order valence-corrected chi connectivity index (χ2v) is 7.33. The van der Waals surface area contributed by atoms with Crippen LogP contribution in [-0.2, 0) is 5.41 Å². The van der Waals surface area contributed by atoms with Crippen molar-refractivity contribution in [2.45, 2.75) is 64.3 Å². The fourth-order valence-corrected chi connectivity index (χ4v) is 3.20. The van der Waals surface area contributed by atoms with E-state index in [2.05, 4.69) is 61.0 Å². The van der Waals surface area contributed by atoms with E-state index >= 15 is 0 Å². The van der Waals surface area contributed by atoms with Gasteiger partial charge < -0.3 is 0 Å². The molecular weight excluding hydrogens is 256 g/mol. The van der Waals surface area contributed by atoms with Crippen molar-refractivity contribution in [1.82, 2.24) is 9.78 Å². The Balaban J connectivity index is 1.79. The molecule has 0 unspecified atom stereocenters. The van der Waals surface area contributed by atoms with Gasteiger partial charge in [-0.3, -0.25) is 4.68 Å². The summed E-state index contributed by atoms with van der Waals surface area (Å²) >= 11 is 0. The Morgan fingerprint density at radius 2 is 1.62 bits per heavy atom. The van der Waals surface area contributed by atoms with Gasteiger partial charge >= 0.3 is 0 Å². The molecule has 2 heteroatoms. The first-order chi connectivity index (χ1) is 10.0. The van der Waals surface area contributed by atoms with Crippen molar-refractivity contribution >= 4 is 0 Å². The molecule has 3 rings (SSSR count). The van der Waals surface area contributed by atoms with Crippen LogP contribution < -0.4 is 0 Å². The predicted octanol–water partition coefficient (Wildman–Crippen LogP) is 5.35. The Hall–Kier alpha value is -1.57. The maximum absolute atomic E-state index is 4.60. The van der Waals surface area contributed by atoms with E-state index in [0.29, 0.717) is 6.04 Å². The number of nitrogens with zero attached hydrogens (tertiary/aromatic N) is 2. The molecule has 1 heterocycles. The minimum absolute atomic E-state index is 0.213. The van der Waals surface area contributed by atoms with Crippen LogP contribution in [0, 0.1) is 0 Å². The SMILES string of the molecule is CC(C)(C)c1ccc(-c2cnn(C3CCCCC3)c2)cc1. The summed E-state index contributed by atoms with van der Waals surface area (Å²) in [6, 6.07) is 9.55. The van der Waals surface area contributed by atoms with Crippen molar-refractivity contribution in [3.63, 3.8) is 0 Å². The second-order valence-electron chi connectivity index (χ2n) is 7.33. The van der Waals surface area contributed by atoms with E-state index in [-0.39, 0.29) is 5.41 Å². The van der Waals surface area contributed by atoms with Gasteiger partial charge in [0.05, 0.1) is 12.2 Å². The highest BCUT2D eigenvalue weighted by atomic mass is 15.3. The molecule has 112 valence electrons. The summed E-state index contributed by atoms with van der Waals surface area (Å²) in [6.45, 7) is 6.76. The van der Waals surface area contributed by atoms with Crippen molar-refractivity contribution in [1.29, 1.82) is 0 Å². The molecular formula is C19H26N2. The van der Waals surface area contributed by atoms with Gasteiger partial charge in [-0.2, -0.15) is 5.10 Å². The summed E-state index contributed by atoms with van der Waals surface area (Å²) in [4.78, 5) is 0. The van der Waals surface area contributed by atoms with Gasteiger partial charge in [-0.15, -0.1) is 0 Å². The summed E-state index contributed by atoms with van der Waals surface area (Å²) in [5.41, 5.74) is 4.10. The second kappa shape index (κ2) is 5.67. The van der Waals surface area contributed by atoms with E-state index in [1.165, 1.54) is 48.8 Å². The van der Waals surface area contributed by atoms with E-state index in [9.17, 15) is 0 Å². The number of hydrogen-bond acceptors (Lipinski definition) is 1. The average molecular weight is 282 g/mol. The van der Waals surface area contributed by atoms with Crippen molar-refractivity contribution in [3.8, 4) is 11.1 Å². The lowest BCUT2D eigenvalue weighted by atomic mass is 9.86. The van der Waals surface area contributed by atoms with Crippen LogP contribution in [0.1, 0.15) is 64.5 Å². The largest absolute Gasteiger partial charge is 0.269 e. The zero-order chi connectivity index (χ0) is 14.9. The lowest BCUT2D eigenvalue weighted by molar-refractivity contribution is 0.329. The van der Waals surface area contributed by atoms with Gasteiger partial charge in [0.25, 0.3) is 0 Å². The molecule has 2 aromatic rings. The summed E-state index contributed by atoms with van der Waals surface area (Å²) < 4.78 is 2.19. The highest BCUT2D eigenvalue weighted by Gasteiger charge is 2.17. The molecule has 1 aromatic heterocycles. The number of benzene rings is 1. The van der Waals surface area contributed by atoms with E-state index in [1.54, 1.807) is 0 Å². The Morgan fingerprint density at radius 3 is 2.24 bits per heavy atom. The van der Waals surface area contributed by atoms with E-state index in [4.69, 9.17) is 0 Å². The van der Waals surface area contributed by atoms with Crippen molar-refractivity contribution in [2.75, 3.05) is 0 Å². The molecule has 0 aliphatic heterocycles. The van der Waals surface area contributed by atoms with Crippen molar-refractivity contribution in [3.05, 3.63) is 42.2 Å². The Labute approximate surface area is 128 Å². The summed E-state index contributed by atoms with van der Waals surface area (Å²) in [6.07, 6.45) is 10.9. The van der Waals surface area contributed by atoms with Crippen LogP contribution in [0.3, 0.4) is 0 Å². The van der Waals surface area contributed by atoms with Gasteiger partial charge in [0, 0.05) is 11.8 Å². The Bertz CT molecular complexity index is 581. The standard InChI is InChI=1S/C19H26N2/c1-19(2,3)17-11-9-15(10-12-17)16-13-20-21(14-16)18-7-5-4-6-8-18/h9-14,18H,4-8H2,1-3H3. The topological polar surface area (TPSA) is 17.8 Å². The number of rotatable bonds is 2. The Kier molecular flexibility index (Phi) is 3.88. The van der Waals surface area contributed by atoms with Gasteiger partial charge in [-0.05, 0) is 29.4 Å². The van der Waals surface area contributed by atoms with Gasteiger partial charge in [0.2, 0.25) is 0 Å². The normalized spacial score (nSPS) is 17.1. The van der Waals surface area contributed by atoms with Crippen LogP contribution in [0.25, 0.3) is 11.1 Å². The minimum Gasteiger partial charge on any atom is -0.269 e. The molecule has 1 aliphatic rings. The summed E-state index contributed by atoms with van der Waals surface area (Å²) in [5, 5.41) is 4.60. The molecule has 0 amide bonds. The first-order valence-corrected chi connectivity index (χ1v) is 8.19. The third-order valence-electron chi connectivity index (χ3n) is 4.63. The fourth-order valence-electron chi connectivity index (χ4n) is 3.20. The fraction of sp³-hybridized carbons (Fsp3) is 0.526. The first-order valence-electron chi connectivity index (χ1n) is 8.19. The van der Waals surface area contributed by atoms with Crippen molar-refractivity contribution in [2.24, 2.45) is 0 Å². The van der Waals surface area contributed by atoms with E-state index < -0.39 is 0 Å². The maximum atomic E-state index is 4.60. The number of hydrogen-bond donors (Lipinski definition) is 0. The molecule has 1 fully saturated rings. The van der Waals surface area contributed by atoms with Crippen LogP contribution in [0.5, 0.6) is 0 Å². The number of aromatic nitrogens is 2. The molecule has 21 heavy (non-hydrogen) atoms. The smallest absolute Gasteiger partial charge is 0.0568 e. The monoisotopic (exact) mass is 282 g/mol.